The molecule has 1 saturated carbocycles. The van der Waals surface area contributed by atoms with Gasteiger partial charge < -0.3 is 10.1 Å². The van der Waals surface area contributed by atoms with Crippen molar-refractivity contribution >= 4 is 9.84 Å². The van der Waals surface area contributed by atoms with E-state index in [-0.39, 0.29) is 0 Å². The molecule has 0 aliphatic heterocycles. The molecule has 0 amide bonds. The van der Waals surface area contributed by atoms with E-state index in [4.69, 9.17) is 4.74 Å². The molecule has 0 radical (unpaired) electrons. The molecule has 1 aliphatic rings. The molecule has 0 unspecified atom stereocenters. The van der Waals surface area contributed by atoms with Gasteiger partial charge in [0.2, 0.25) is 0 Å². The van der Waals surface area contributed by atoms with E-state index < -0.39 is 14.6 Å². The van der Waals surface area contributed by atoms with Crippen LogP contribution < -0.4 is 5.32 Å². The molecule has 1 rings (SSSR count). The van der Waals surface area contributed by atoms with Gasteiger partial charge in [0.25, 0.3) is 0 Å². The molecular formula is C12H25NO3S. The standard InChI is InChI=1S/C12H25NO3S/c1-12(2,17(4,14)15)9-13-10-5-7-11(16-3)8-6-10/h10-11,13H,5-9H2,1-4H3. The molecule has 0 aromatic carbocycles. The Hall–Kier alpha value is -0.130. The molecule has 102 valence electrons. The van der Waals surface area contributed by atoms with Crippen LogP contribution in [0, 0.1) is 0 Å². The molecule has 4 nitrogen and oxygen atoms in total. The Balaban J connectivity index is 2.38. The fourth-order valence-corrected chi connectivity index (χ4v) is 2.37. The number of ether oxygens (including phenoxy) is 1. The van der Waals surface area contributed by atoms with E-state index in [2.05, 4.69) is 5.32 Å². The van der Waals surface area contributed by atoms with Crippen molar-refractivity contribution in [2.45, 2.75) is 56.4 Å². The molecule has 1 fully saturated rings. The zero-order chi connectivity index (χ0) is 13.1. The maximum Gasteiger partial charge on any atom is 0.153 e. The van der Waals surface area contributed by atoms with Crippen LogP contribution in [0.2, 0.25) is 0 Å². The van der Waals surface area contributed by atoms with E-state index in [0.29, 0.717) is 18.7 Å². The summed E-state index contributed by atoms with van der Waals surface area (Å²) in [6, 6.07) is 0.433. The molecule has 0 aromatic heterocycles. The minimum absolute atomic E-state index is 0.385. The summed E-state index contributed by atoms with van der Waals surface area (Å²) in [6.07, 6.45) is 5.95. The smallest absolute Gasteiger partial charge is 0.153 e. The van der Waals surface area contributed by atoms with E-state index in [1.165, 1.54) is 6.26 Å². The topological polar surface area (TPSA) is 55.4 Å². The van der Waals surface area contributed by atoms with Crippen molar-refractivity contribution in [2.24, 2.45) is 0 Å². The summed E-state index contributed by atoms with van der Waals surface area (Å²) >= 11 is 0. The van der Waals surface area contributed by atoms with Gasteiger partial charge in [0.1, 0.15) is 0 Å². The molecule has 17 heavy (non-hydrogen) atoms. The number of methoxy groups -OCH3 is 1. The summed E-state index contributed by atoms with van der Waals surface area (Å²) in [4.78, 5) is 0. The molecule has 0 saturated heterocycles. The maximum absolute atomic E-state index is 11.6. The second-order valence-electron chi connectivity index (χ2n) is 5.62. The lowest BCUT2D eigenvalue weighted by Gasteiger charge is -2.31. The first-order chi connectivity index (χ1) is 7.76. The van der Waals surface area contributed by atoms with Crippen LogP contribution in [0.5, 0.6) is 0 Å². The molecule has 0 atom stereocenters. The summed E-state index contributed by atoms with van der Waals surface area (Å²) in [5, 5.41) is 3.38. The number of hydrogen-bond acceptors (Lipinski definition) is 4. The molecule has 0 aromatic rings. The van der Waals surface area contributed by atoms with E-state index >= 15 is 0 Å². The highest BCUT2D eigenvalue weighted by Crippen LogP contribution is 2.22. The summed E-state index contributed by atoms with van der Waals surface area (Å²) in [5.41, 5.74) is 0. The van der Waals surface area contributed by atoms with E-state index in [0.717, 1.165) is 25.7 Å². The van der Waals surface area contributed by atoms with Crippen molar-refractivity contribution in [3.63, 3.8) is 0 Å². The summed E-state index contributed by atoms with van der Waals surface area (Å²) in [7, 11) is -1.25. The van der Waals surface area contributed by atoms with Gasteiger partial charge in [0.15, 0.2) is 9.84 Å². The van der Waals surface area contributed by atoms with Gasteiger partial charge in [-0.1, -0.05) is 0 Å². The van der Waals surface area contributed by atoms with Crippen molar-refractivity contribution in [2.75, 3.05) is 19.9 Å². The second kappa shape index (κ2) is 5.67. The van der Waals surface area contributed by atoms with Gasteiger partial charge in [-0.25, -0.2) is 8.42 Å². The molecule has 0 heterocycles. The number of rotatable bonds is 5. The first kappa shape index (κ1) is 14.9. The Kier molecular flexibility index (Phi) is 4.98. The van der Waals surface area contributed by atoms with Crippen LogP contribution >= 0.6 is 0 Å². The largest absolute Gasteiger partial charge is 0.381 e. The first-order valence-electron chi connectivity index (χ1n) is 6.22. The third kappa shape index (κ3) is 4.23. The third-order valence-electron chi connectivity index (χ3n) is 3.83. The fraction of sp³-hybridized carbons (Fsp3) is 1.00. The Labute approximate surface area is 105 Å². The van der Waals surface area contributed by atoms with Crippen LogP contribution in [0.15, 0.2) is 0 Å². The predicted molar refractivity (Wildman–Crippen MR) is 70.0 cm³/mol. The summed E-state index contributed by atoms with van der Waals surface area (Å²) in [6.45, 7) is 4.07. The molecule has 0 bridgehead atoms. The molecule has 1 aliphatic carbocycles. The minimum atomic E-state index is -3.01. The quantitative estimate of drug-likeness (QED) is 0.813. The van der Waals surface area contributed by atoms with Crippen molar-refractivity contribution in [1.29, 1.82) is 0 Å². The van der Waals surface area contributed by atoms with Crippen molar-refractivity contribution in [3.05, 3.63) is 0 Å². The Morgan fingerprint density at radius 1 is 1.24 bits per heavy atom. The molecular weight excluding hydrogens is 238 g/mol. The van der Waals surface area contributed by atoms with E-state index in [9.17, 15) is 8.42 Å². The van der Waals surface area contributed by atoms with Crippen molar-refractivity contribution in [1.82, 2.24) is 5.32 Å². The number of nitrogens with one attached hydrogen (secondary N) is 1. The second-order valence-corrected chi connectivity index (χ2v) is 8.27. The molecule has 0 spiro atoms. The SMILES string of the molecule is COC1CCC(NCC(C)(C)S(C)(=O)=O)CC1. The van der Waals surface area contributed by atoms with Gasteiger partial charge in [-0.3, -0.25) is 0 Å². The predicted octanol–water partition coefficient (Wildman–Crippen LogP) is 1.36. The number of sulfone groups is 1. The first-order valence-corrected chi connectivity index (χ1v) is 8.11. The average Bonchev–Trinajstić information content (AvgIpc) is 2.25. The van der Waals surface area contributed by atoms with Gasteiger partial charge in [-0.15, -0.1) is 0 Å². The highest BCUT2D eigenvalue weighted by molar-refractivity contribution is 7.92. The molecule has 5 heteroatoms. The molecule has 1 N–H and O–H groups in total. The van der Waals surface area contributed by atoms with Crippen LogP contribution in [0.4, 0.5) is 0 Å². The monoisotopic (exact) mass is 263 g/mol. The normalized spacial score (nSPS) is 27.1. The van der Waals surface area contributed by atoms with Gasteiger partial charge in [-0.05, 0) is 39.5 Å². The van der Waals surface area contributed by atoms with Crippen molar-refractivity contribution < 1.29 is 13.2 Å². The van der Waals surface area contributed by atoms with E-state index in [1.54, 1.807) is 21.0 Å². The fourth-order valence-electron chi connectivity index (χ4n) is 2.02. The lowest BCUT2D eigenvalue weighted by molar-refractivity contribution is 0.0624. The third-order valence-corrected chi connectivity index (χ3v) is 5.98. The van der Waals surface area contributed by atoms with Gasteiger partial charge >= 0.3 is 0 Å². The minimum Gasteiger partial charge on any atom is -0.381 e. The zero-order valence-corrected chi connectivity index (χ0v) is 12.1. The van der Waals surface area contributed by atoms with Crippen LogP contribution in [-0.4, -0.2) is 45.2 Å². The Morgan fingerprint density at radius 3 is 2.18 bits per heavy atom. The maximum atomic E-state index is 11.6. The van der Waals surface area contributed by atoms with Crippen molar-refractivity contribution in [3.8, 4) is 0 Å². The van der Waals surface area contributed by atoms with E-state index in [1.807, 2.05) is 0 Å². The Bertz CT molecular complexity index is 330. The van der Waals surface area contributed by atoms with Gasteiger partial charge in [0.05, 0.1) is 10.9 Å². The zero-order valence-electron chi connectivity index (χ0n) is 11.3. The summed E-state index contributed by atoms with van der Waals surface area (Å²) in [5.74, 6) is 0. The van der Waals surface area contributed by atoms with Gasteiger partial charge in [-0.2, -0.15) is 0 Å². The highest BCUT2D eigenvalue weighted by atomic mass is 32.2. The lowest BCUT2D eigenvalue weighted by atomic mass is 9.92. The van der Waals surface area contributed by atoms with Crippen LogP contribution in [0.3, 0.4) is 0 Å². The Morgan fingerprint density at radius 2 is 1.76 bits per heavy atom. The highest BCUT2D eigenvalue weighted by Gasteiger charge is 2.31. The van der Waals surface area contributed by atoms with Crippen LogP contribution in [0.25, 0.3) is 0 Å². The average molecular weight is 263 g/mol. The lowest BCUT2D eigenvalue weighted by Crippen LogP contribution is -2.46. The summed E-state index contributed by atoms with van der Waals surface area (Å²) < 4.78 is 27.8. The van der Waals surface area contributed by atoms with Crippen LogP contribution in [-0.2, 0) is 14.6 Å². The number of hydrogen-bond donors (Lipinski definition) is 1. The van der Waals surface area contributed by atoms with Crippen LogP contribution in [0.1, 0.15) is 39.5 Å². The van der Waals surface area contributed by atoms with Gasteiger partial charge in [0, 0.05) is 26.0 Å².